The van der Waals surface area contributed by atoms with E-state index in [0.717, 1.165) is 30.8 Å². The number of likely N-dealkylation sites (tertiary alicyclic amines) is 1. The second kappa shape index (κ2) is 6.30. The Morgan fingerprint density at radius 2 is 2.05 bits per heavy atom. The minimum atomic E-state index is -0.711. The Balaban J connectivity index is 2.17. The van der Waals surface area contributed by atoms with Crippen molar-refractivity contribution >= 4 is 5.91 Å². The highest BCUT2D eigenvalue weighted by Crippen LogP contribution is 2.31. The van der Waals surface area contributed by atoms with Crippen molar-refractivity contribution in [3.8, 4) is 0 Å². The van der Waals surface area contributed by atoms with E-state index in [1.807, 2.05) is 12.4 Å². The summed E-state index contributed by atoms with van der Waals surface area (Å²) in [4.78, 5) is 23.0. The average Bonchev–Trinajstić information content (AvgIpc) is 2.83. The molecule has 0 saturated carbocycles. The number of amides is 1. The van der Waals surface area contributed by atoms with Gasteiger partial charge in [0, 0.05) is 37.0 Å². The topological polar surface area (TPSA) is 81.3 Å². The zero-order chi connectivity index (χ0) is 16.4. The molecule has 1 saturated heterocycles. The molecule has 0 spiro atoms. The van der Waals surface area contributed by atoms with E-state index in [1.165, 1.54) is 0 Å². The second-order valence-corrected chi connectivity index (χ2v) is 7.02. The van der Waals surface area contributed by atoms with Crippen LogP contribution in [-0.4, -0.2) is 46.6 Å². The zero-order valence-electron chi connectivity index (χ0n) is 13.9. The Morgan fingerprint density at radius 1 is 1.41 bits per heavy atom. The zero-order valence-corrected chi connectivity index (χ0v) is 13.9. The normalized spacial score (nSPS) is 22.9. The van der Waals surface area contributed by atoms with Crippen LogP contribution in [0.1, 0.15) is 45.0 Å². The van der Waals surface area contributed by atoms with Gasteiger partial charge in [-0.25, -0.2) is 9.97 Å². The van der Waals surface area contributed by atoms with Crippen LogP contribution in [0.2, 0.25) is 0 Å². The largest absolute Gasteiger partial charge is 0.382 e. The molecule has 0 bridgehead atoms. The summed E-state index contributed by atoms with van der Waals surface area (Å²) in [6, 6.07) is 0. The molecule has 2 rings (SSSR count). The van der Waals surface area contributed by atoms with Gasteiger partial charge in [-0.05, 0) is 19.4 Å². The predicted molar refractivity (Wildman–Crippen MR) is 84.2 cm³/mol. The number of nitrogens with zero attached hydrogens (tertiary/aromatic N) is 3. The monoisotopic (exact) mass is 306 g/mol. The van der Waals surface area contributed by atoms with E-state index in [9.17, 15) is 4.79 Å². The van der Waals surface area contributed by atoms with Crippen LogP contribution in [0.5, 0.6) is 0 Å². The smallest absolute Gasteiger partial charge is 0.240 e. The molecule has 122 valence electrons. The summed E-state index contributed by atoms with van der Waals surface area (Å²) < 4.78 is 5.25. The van der Waals surface area contributed by atoms with Gasteiger partial charge in [0.1, 0.15) is 11.4 Å². The molecular weight excluding hydrogens is 280 g/mol. The van der Waals surface area contributed by atoms with E-state index >= 15 is 0 Å². The van der Waals surface area contributed by atoms with Crippen LogP contribution in [0.15, 0.2) is 12.4 Å². The first kappa shape index (κ1) is 16.8. The third kappa shape index (κ3) is 3.28. The lowest BCUT2D eigenvalue weighted by atomic mass is 9.95. The van der Waals surface area contributed by atoms with E-state index in [0.29, 0.717) is 13.2 Å². The highest BCUT2D eigenvalue weighted by Gasteiger charge is 2.46. The number of primary amides is 1. The van der Waals surface area contributed by atoms with E-state index in [-0.39, 0.29) is 11.3 Å². The highest BCUT2D eigenvalue weighted by atomic mass is 16.5. The van der Waals surface area contributed by atoms with Crippen molar-refractivity contribution in [3.63, 3.8) is 0 Å². The first-order valence-corrected chi connectivity index (χ1v) is 7.65. The van der Waals surface area contributed by atoms with Crippen LogP contribution >= 0.6 is 0 Å². The molecule has 0 aromatic carbocycles. The maximum absolute atomic E-state index is 12.0. The van der Waals surface area contributed by atoms with Gasteiger partial charge in [0.15, 0.2) is 0 Å². The van der Waals surface area contributed by atoms with Gasteiger partial charge in [-0.2, -0.15) is 0 Å². The van der Waals surface area contributed by atoms with Gasteiger partial charge in [0.2, 0.25) is 5.91 Å². The fourth-order valence-electron chi connectivity index (χ4n) is 2.96. The van der Waals surface area contributed by atoms with Gasteiger partial charge in [-0.15, -0.1) is 0 Å². The Morgan fingerprint density at radius 3 is 2.55 bits per heavy atom. The molecule has 6 nitrogen and oxygen atoms in total. The molecule has 2 heterocycles. The van der Waals surface area contributed by atoms with Crippen molar-refractivity contribution in [1.82, 2.24) is 14.9 Å². The molecule has 1 aliphatic heterocycles. The first-order chi connectivity index (χ1) is 10.3. The summed E-state index contributed by atoms with van der Waals surface area (Å²) >= 11 is 0. The Bertz CT molecular complexity index is 524. The summed E-state index contributed by atoms with van der Waals surface area (Å²) in [6.07, 6.45) is 5.35. The van der Waals surface area contributed by atoms with Gasteiger partial charge in [-0.1, -0.05) is 20.8 Å². The molecule has 2 N–H and O–H groups in total. The van der Waals surface area contributed by atoms with Crippen LogP contribution in [0.25, 0.3) is 0 Å². The van der Waals surface area contributed by atoms with Crippen molar-refractivity contribution < 1.29 is 9.53 Å². The van der Waals surface area contributed by atoms with Gasteiger partial charge in [0.05, 0.1) is 6.61 Å². The lowest BCUT2D eigenvalue weighted by molar-refractivity contribution is -0.132. The molecule has 0 radical (unpaired) electrons. The molecule has 22 heavy (non-hydrogen) atoms. The minimum Gasteiger partial charge on any atom is -0.382 e. The van der Waals surface area contributed by atoms with E-state index < -0.39 is 5.54 Å². The first-order valence-electron chi connectivity index (χ1n) is 7.65. The fourth-order valence-corrected chi connectivity index (χ4v) is 2.96. The second-order valence-electron chi connectivity index (χ2n) is 7.02. The van der Waals surface area contributed by atoms with Crippen molar-refractivity contribution in [1.29, 1.82) is 0 Å². The van der Waals surface area contributed by atoms with Gasteiger partial charge < -0.3 is 10.5 Å². The highest BCUT2D eigenvalue weighted by molar-refractivity contribution is 5.85. The molecule has 6 heteroatoms. The van der Waals surface area contributed by atoms with Crippen LogP contribution < -0.4 is 5.73 Å². The van der Waals surface area contributed by atoms with Crippen molar-refractivity contribution in [2.24, 2.45) is 5.73 Å². The number of methoxy groups -OCH3 is 1. The number of hydrogen-bond acceptors (Lipinski definition) is 5. The lowest BCUT2D eigenvalue weighted by Gasteiger charge is -2.35. The van der Waals surface area contributed by atoms with E-state index in [1.54, 1.807) is 7.11 Å². The SMILES string of the molecule is COCC1(C(N)=O)CCCN1Cc1cnc(C(C)(C)C)nc1. The summed E-state index contributed by atoms with van der Waals surface area (Å²) in [5.74, 6) is 0.495. The van der Waals surface area contributed by atoms with Gasteiger partial charge in [0.25, 0.3) is 0 Å². The van der Waals surface area contributed by atoms with Gasteiger partial charge >= 0.3 is 0 Å². The minimum absolute atomic E-state index is 0.0702. The summed E-state index contributed by atoms with van der Waals surface area (Å²) in [5.41, 5.74) is 5.85. The number of carbonyl (C=O) groups is 1. The van der Waals surface area contributed by atoms with Crippen LogP contribution in [0.4, 0.5) is 0 Å². The summed E-state index contributed by atoms with van der Waals surface area (Å²) in [7, 11) is 1.60. The standard InChI is InChI=1S/C16H26N4O2/c1-15(2,3)14-18-8-12(9-19-14)10-20-7-5-6-16(20,11-22-4)13(17)21/h8-9H,5-7,10-11H2,1-4H3,(H2,17,21). The lowest BCUT2D eigenvalue weighted by Crippen LogP contribution is -2.56. The molecule has 1 fully saturated rings. The van der Waals surface area contributed by atoms with E-state index in [4.69, 9.17) is 10.5 Å². The Hall–Kier alpha value is -1.53. The molecule has 0 aliphatic carbocycles. The third-order valence-corrected chi connectivity index (χ3v) is 4.22. The maximum atomic E-state index is 12.0. The predicted octanol–water partition coefficient (Wildman–Crippen LogP) is 1.24. The Labute approximate surface area is 132 Å². The number of hydrogen-bond donors (Lipinski definition) is 1. The van der Waals surface area contributed by atoms with E-state index in [2.05, 4.69) is 35.6 Å². The molecular formula is C16H26N4O2. The fraction of sp³-hybridized carbons (Fsp3) is 0.688. The molecule has 1 aromatic heterocycles. The van der Waals surface area contributed by atoms with Crippen molar-refractivity contribution in [2.45, 2.75) is 51.1 Å². The molecule has 1 unspecified atom stereocenters. The van der Waals surface area contributed by atoms with Crippen molar-refractivity contribution in [3.05, 3.63) is 23.8 Å². The number of ether oxygens (including phenoxy) is 1. The third-order valence-electron chi connectivity index (χ3n) is 4.22. The molecule has 1 amide bonds. The number of rotatable bonds is 5. The average molecular weight is 306 g/mol. The number of carbonyl (C=O) groups excluding carboxylic acids is 1. The van der Waals surface area contributed by atoms with Crippen molar-refractivity contribution in [2.75, 3.05) is 20.3 Å². The molecule has 1 aromatic rings. The van der Waals surface area contributed by atoms with Crippen LogP contribution in [0, 0.1) is 0 Å². The quantitative estimate of drug-likeness (QED) is 0.885. The summed E-state index contributed by atoms with van der Waals surface area (Å²) in [6.45, 7) is 8.00. The Kier molecular flexibility index (Phi) is 4.82. The van der Waals surface area contributed by atoms with Crippen LogP contribution in [0.3, 0.4) is 0 Å². The van der Waals surface area contributed by atoms with Gasteiger partial charge in [-0.3, -0.25) is 9.69 Å². The molecule has 1 aliphatic rings. The molecule has 1 atom stereocenters. The number of nitrogens with two attached hydrogens (primary N) is 1. The van der Waals surface area contributed by atoms with Crippen LogP contribution in [-0.2, 0) is 21.5 Å². The maximum Gasteiger partial charge on any atom is 0.240 e. The number of aromatic nitrogens is 2. The summed E-state index contributed by atoms with van der Waals surface area (Å²) in [5, 5.41) is 0.